The molecule has 3 unspecified atom stereocenters. The van der Waals surface area contributed by atoms with Gasteiger partial charge < -0.3 is 18.8 Å². The lowest BCUT2D eigenvalue weighted by Gasteiger charge is -2.24. The highest BCUT2D eigenvalue weighted by molar-refractivity contribution is 7.62. The molecule has 6 rings (SSSR count). The van der Waals surface area contributed by atoms with Gasteiger partial charge in [0.05, 0.1) is 41.6 Å². The average Bonchev–Trinajstić information content (AvgIpc) is 3.40. The van der Waals surface area contributed by atoms with Crippen molar-refractivity contribution in [3.8, 4) is 16.9 Å². The van der Waals surface area contributed by atoms with Crippen LogP contribution in [-0.4, -0.2) is 52.3 Å². The minimum atomic E-state index is -3.01. The van der Waals surface area contributed by atoms with Crippen molar-refractivity contribution in [2.75, 3.05) is 20.4 Å². The Labute approximate surface area is 218 Å². The molecule has 0 saturated carbocycles. The molecule has 0 fully saturated rings. The zero-order chi connectivity index (χ0) is 26.9. The van der Waals surface area contributed by atoms with Gasteiger partial charge in [-0.2, -0.15) is 8.78 Å². The van der Waals surface area contributed by atoms with Crippen molar-refractivity contribution in [2.24, 2.45) is 0 Å². The van der Waals surface area contributed by atoms with Gasteiger partial charge in [0.1, 0.15) is 11.6 Å². The van der Waals surface area contributed by atoms with Crippen molar-refractivity contribution < 1.29 is 22.9 Å². The highest BCUT2D eigenvalue weighted by Crippen LogP contribution is 2.52. The van der Waals surface area contributed by atoms with Gasteiger partial charge in [0.25, 0.3) is 5.91 Å². The third-order valence-electron chi connectivity index (χ3n) is 7.89. The molecule has 0 radical (unpaired) electrons. The van der Waals surface area contributed by atoms with Crippen LogP contribution in [0.1, 0.15) is 58.5 Å². The maximum absolute atomic E-state index is 13.3. The second-order valence-corrected chi connectivity index (χ2v) is 14.0. The highest BCUT2D eigenvalue weighted by Gasteiger charge is 2.45. The molecule has 2 aliphatic heterocycles. The molecule has 3 atom stereocenters. The predicted molar refractivity (Wildman–Crippen MR) is 141 cm³/mol. The summed E-state index contributed by atoms with van der Waals surface area (Å²) in [6.07, 6.45) is 2.30. The maximum atomic E-state index is 13.3. The SMILES string of the molecule is CC(c1ccc(-c2ccc3nc4n(c3c2)C2CC4N(C)C(=O)c3cccc(OC(F)F)c32)cn1)P(C)(C)=O. The number of ether oxygens (including phenoxy) is 1. The molecule has 4 heterocycles. The molecule has 0 N–H and O–H groups in total. The number of nitrogens with zero attached hydrogens (tertiary/aromatic N) is 4. The lowest BCUT2D eigenvalue weighted by Crippen LogP contribution is -2.30. The van der Waals surface area contributed by atoms with Gasteiger partial charge in [-0.15, -0.1) is 0 Å². The second-order valence-electron chi connectivity index (χ2n) is 10.4. The number of pyridine rings is 1. The number of hydrogen-bond acceptors (Lipinski definition) is 5. The summed E-state index contributed by atoms with van der Waals surface area (Å²) in [4.78, 5) is 24.4. The van der Waals surface area contributed by atoms with E-state index in [4.69, 9.17) is 9.72 Å². The van der Waals surface area contributed by atoms with E-state index in [2.05, 4.69) is 9.55 Å². The van der Waals surface area contributed by atoms with Crippen LogP contribution < -0.4 is 4.74 Å². The highest BCUT2D eigenvalue weighted by atomic mass is 31.2. The number of fused-ring (bicyclic) bond motifs is 9. The monoisotopic (exact) mass is 536 g/mol. The van der Waals surface area contributed by atoms with E-state index < -0.39 is 19.8 Å². The van der Waals surface area contributed by atoms with Gasteiger partial charge in [-0.05, 0) is 56.1 Å². The van der Waals surface area contributed by atoms with Crippen molar-refractivity contribution in [1.29, 1.82) is 0 Å². The number of hydrogen-bond donors (Lipinski definition) is 0. The minimum absolute atomic E-state index is 0.00815. The first-order valence-electron chi connectivity index (χ1n) is 12.4. The van der Waals surface area contributed by atoms with Gasteiger partial charge in [0, 0.05) is 36.4 Å². The Morgan fingerprint density at radius 2 is 1.84 bits per heavy atom. The van der Waals surface area contributed by atoms with Crippen LogP contribution in [0.4, 0.5) is 8.78 Å². The first kappa shape index (κ1) is 24.7. The van der Waals surface area contributed by atoms with Gasteiger partial charge >= 0.3 is 6.61 Å². The Morgan fingerprint density at radius 3 is 2.53 bits per heavy atom. The zero-order valence-electron chi connectivity index (χ0n) is 21.4. The first-order valence-corrected chi connectivity index (χ1v) is 15.1. The molecular formula is C28H27F2N4O3P. The molecule has 0 saturated heterocycles. The van der Waals surface area contributed by atoms with Crippen molar-refractivity contribution >= 4 is 24.1 Å². The summed E-state index contributed by atoms with van der Waals surface area (Å²) in [6.45, 7) is 2.45. The maximum Gasteiger partial charge on any atom is 0.387 e. The van der Waals surface area contributed by atoms with E-state index in [0.29, 0.717) is 17.5 Å². The summed E-state index contributed by atoms with van der Waals surface area (Å²) >= 11 is 0. The lowest BCUT2D eigenvalue weighted by atomic mass is 9.97. The van der Waals surface area contributed by atoms with Gasteiger partial charge in [-0.3, -0.25) is 9.78 Å². The van der Waals surface area contributed by atoms with Crippen molar-refractivity contribution in [1.82, 2.24) is 19.4 Å². The molecule has 2 aliphatic rings. The fraction of sp³-hybridized carbons (Fsp3) is 0.321. The van der Waals surface area contributed by atoms with Gasteiger partial charge in [-0.1, -0.05) is 18.2 Å². The van der Waals surface area contributed by atoms with E-state index in [0.717, 1.165) is 33.7 Å². The van der Waals surface area contributed by atoms with Crippen LogP contribution in [-0.2, 0) is 4.57 Å². The fourth-order valence-corrected chi connectivity index (χ4v) is 6.39. The summed E-state index contributed by atoms with van der Waals surface area (Å²) in [6, 6.07) is 13.8. The van der Waals surface area contributed by atoms with Gasteiger partial charge in [0.15, 0.2) is 0 Å². The molecule has 196 valence electrons. The molecule has 7 nitrogen and oxygen atoms in total. The van der Waals surface area contributed by atoms with Crippen molar-refractivity contribution in [3.05, 3.63) is 77.4 Å². The first-order chi connectivity index (χ1) is 18.0. The van der Waals surface area contributed by atoms with Crippen LogP contribution in [0.3, 0.4) is 0 Å². The third kappa shape index (κ3) is 3.83. The molecule has 0 spiro atoms. The summed E-state index contributed by atoms with van der Waals surface area (Å²) in [5, 5.41) is 0. The largest absolute Gasteiger partial charge is 0.434 e. The van der Waals surface area contributed by atoms with E-state index in [1.165, 1.54) is 6.07 Å². The minimum Gasteiger partial charge on any atom is -0.434 e. The average molecular weight is 537 g/mol. The van der Waals surface area contributed by atoms with Crippen molar-refractivity contribution in [3.63, 3.8) is 0 Å². The molecule has 4 aromatic rings. The summed E-state index contributed by atoms with van der Waals surface area (Å²) < 4.78 is 46.1. The van der Waals surface area contributed by atoms with Crippen LogP contribution >= 0.6 is 7.14 Å². The second kappa shape index (κ2) is 8.73. The van der Waals surface area contributed by atoms with Crippen LogP contribution in [0.15, 0.2) is 54.7 Å². The van der Waals surface area contributed by atoms with E-state index in [1.807, 2.05) is 37.3 Å². The number of imidazole rings is 1. The van der Waals surface area contributed by atoms with Crippen molar-refractivity contribution in [2.45, 2.75) is 37.7 Å². The number of amides is 1. The molecule has 10 heteroatoms. The smallest absolute Gasteiger partial charge is 0.387 e. The fourth-order valence-electron chi connectivity index (χ4n) is 5.60. The molecule has 38 heavy (non-hydrogen) atoms. The molecule has 0 aliphatic carbocycles. The number of carbonyl (C=O) groups is 1. The molecule has 2 aromatic heterocycles. The Morgan fingerprint density at radius 1 is 1.08 bits per heavy atom. The number of carbonyl (C=O) groups excluding carboxylic acids is 1. The Kier molecular flexibility index (Phi) is 5.69. The van der Waals surface area contributed by atoms with Crippen LogP contribution in [0.2, 0.25) is 0 Å². The van der Waals surface area contributed by atoms with E-state index in [9.17, 15) is 18.1 Å². The van der Waals surface area contributed by atoms with Gasteiger partial charge in [0.2, 0.25) is 0 Å². The standard InChI is InChI=1S/C28H27F2N4O3P/c1-15(38(3,4)36)19-10-9-17(14-31-19)16-8-11-20-21(12-16)34-22-13-23(26(34)32-20)33(2)27(35)18-6-5-7-24(25(18)22)37-28(29)30/h5-12,14-15,22-23,28H,13H2,1-4H3. The lowest BCUT2D eigenvalue weighted by molar-refractivity contribution is -0.0507. The van der Waals surface area contributed by atoms with E-state index in [1.54, 1.807) is 43.6 Å². The molecule has 2 bridgehead atoms. The van der Waals surface area contributed by atoms with Crippen LogP contribution in [0, 0.1) is 0 Å². The number of benzene rings is 2. The van der Waals surface area contributed by atoms with E-state index >= 15 is 0 Å². The van der Waals surface area contributed by atoms with E-state index in [-0.39, 0.29) is 23.4 Å². The van der Waals surface area contributed by atoms with Crippen LogP contribution in [0.5, 0.6) is 5.75 Å². The molecule has 2 aromatic carbocycles. The normalized spacial score (nSPS) is 19.4. The number of alkyl halides is 2. The third-order valence-corrected chi connectivity index (χ3v) is 10.0. The van der Waals surface area contributed by atoms with Gasteiger partial charge in [-0.25, -0.2) is 4.98 Å². The topological polar surface area (TPSA) is 77.3 Å². The zero-order valence-corrected chi connectivity index (χ0v) is 22.3. The number of aromatic nitrogens is 3. The summed E-state index contributed by atoms with van der Waals surface area (Å²) in [5.74, 6) is 0.489. The Bertz CT molecular complexity index is 1630. The molecule has 1 amide bonds. The number of halogens is 2. The quantitative estimate of drug-likeness (QED) is 0.272. The molecular weight excluding hydrogens is 509 g/mol. The van der Waals surface area contributed by atoms with Crippen LogP contribution in [0.25, 0.3) is 22.2 Å². The Hall–Kier alpha value is -3.58. The number of rotatable bonds is 5. The summed E-state index contributed by atoms with van der Waals surface area (Å²) in [7, 11) is -0.600. The Balaban J connectivity index is 1.48. The summed E-state index contributed by atoms with van der Waals surface area (Å²) in [5.41, 5.74) is 4.89. The predicted octanol–water partition coefficient (Wildman–Crippen LogP) is 6.50.